The van der Waals surface area contributed by atoms with Crippen molar-refractivity contribution in [3.8, 4) is 17.1 Å². The normalized spacial score (nSPS) is 10.4. The van der Waals surface area contributed by atoms with Crippen LogP contribution in [0.25, 0.3) is 11.4 Å². The third-order valence-electron chi connectivity index (χ3n) is 3.39. The molecule has 0 spiro atoms. The Bertz CT molecular complexity index is 859. The lowest BCUT2D eigenvalue weighted by Gasteiger charge is -2.05. The van der Waals surface area contributed by atoms with Crippen molar-refractivity contribution in [2.75, 3.05) is 12.4 Å². The van der Waals surface area contributed by atoms with Crippen LogP contribution in [-0.4, -0.2) is 33.2 Å². The first-order valence-electron chi connectivity index (χ1n) is 7.43. The van der Waals surface area contributed by atoms with Crippen LogP contribution in [0.4, 0.5) is 5.69 Å². The van der Waals surface area contributed by atoms with E-state index in [4.69, 9.17) is 4.74 Å². The number of nitrogens with zero attached hydrogens (tertiary/aromatic N) is 4. The summed E-state index contributed by atoms with van der Waals surface area (Å²) in [7, 11) is 1.58. The summed E-state index contributed by atoms with van der Waals surface area (Å²) in [4.78, 5) is 13.4. The van der Waals surface area contributed by atoms with Crippen LogP contribution in [0.3, 0.4) is 0 Å². The van der Waals surface area contributed by atoms with Crippen LogP contribution in [0.5, 0.6) is 5.75 Å². The van der Waals surface area contributed by atoms with Gasteiger partial charge >= 0.3 is 0 Å². The van der Waals surface area contributed by atoms with Gasteiger partial charge in [-0.3, -0.25) is 4.79 Å². The van der Waals surface area contributed by atoms with Crippen LogP contribution < -0.4 is 10.1 Å². The minimum absolute atomic E-state index is 0.0178. The van der Waals surface area contributed by atoms with Crippen molar-refractivity contribution in [1.29, 1.82) is 0 Å². The molecule has 7 heteroatoms. The molecule has 0 unspecified atom stereocenters. The molecule has 1 amide bonds. The van der Waals surface area contributed by atoms with Gasteiger partial charge in [0.05, 0.1) is 12.7 Å². The molecule has 1 aromatic heterocycles. The van der Waals surface area contributed by atoms with E-state index in [1.165, 1.54) is 4.80 Å². The molecule has 0 bridgehead atoms. The molecule has 1 N–H and O–H groups in total. The Kier molecular flexibility index (Phi) is 4.51. The fraction of sp³-hybridized carbons (Fsp3) is 0.176. The molecule has 0 radical (unpaired) electrons. The predicted octanol–water partition coefficient (Wildman–Crippen LogP) is 2.30. The Morgan fingerprint density at radius 3 is 2.83 bits per heavy atom. The van der Waals surface area contributed by atoms with Gasteiger partial charge in [-0.25, -0.2) is 0 Å². The van der Waals surface area contributed by atoms with Crippen LogP contribution in [0, 0.1) is 6.92 Å². The Morgan fingerprint density at radius 1 is 1.21 bits per heavy atom. The van der Waals surface area contributed by atoms with Crippen LogP contribution in [-0.2, 0) is 11.3 Å². The molecule has 3 rings (SSSR count). The van der Waals surface area contributed by atoms with E-state index < -0.39 is 0 Å². The molecule has 0 aliphatic rings. The first-order chi connectivity index (χ1) is 11.7. The number of para-hydroxylation sites is 1. The molecular formula is C17H17N5O2. The highest BCUT2D eigenvalue weighted by Crippen LogP contribution is 2.25. The molecule has 0 aliphatic carbocycles. The van der Waals surface area contributed by atoms with Crippen molar-refractivity contribution in [2.24, 2.45) is 0 Å². The van der Waals surface area contributed by atoms with Gasteiger partial charge < -0.3 is 10.1 Å². The Labute approximate surface area is 139 Å². The first-order valence-corrected chi connectivity index (χ1v) is 7.43. The second kappa shape index (κ2) is 6.91. The molecule has 2 aromatic carbocycles. The van der Waals surface area contributed by atoms with Crippen molar-refractivity contribution in [2.45, 2.75) is 13.5 Å². The molecule has 7 nitrogen and oxygen atoms in total. The van der Waals surface area contributed by atoms with E-state index in [-0.39, 0.29) is 12.5 Å². The van der Waals surface area contributed by atoms with Crippen LogP contribution in [0.2, 0.25) is 0 Å². The van der Waals surface area contributed by atoms with Gasteiger partial charge in [-0.1, -0.05) is 24.3 Å². The van der Waals surface area contributed by atoms with Crippen molar-refractivity contribution < 1.29 is 9.53 Å². The number of methoxy groups -OCH3 is 1. The quantitative estimate of drug-likeness (QED) is 0.779. The van der Waals surface area contributed by atoms with Crippen molar-refractivity contribution >= 4 is 11.6 Å². The van der Waals surface area contributed by atoms with Crippen LogP contribution in [0.1, 0.15) is 5.56 Å². The molecule has 122 valence electrons. The second-order valence-corrected chi connectivity index (χ2v) is 5.26. The summed E-state index contributed by atoms with van der Waals surface area (Å²) in [5.74, 6) is 0.849. The number of aromatic nitrogens is 4. The van der Waals surface area contributed by atoms with Gasteiger partial charge in [0.25, 0.3) is 0 Å². The highest BCUT2D eigenvalue weighted by atomic mass is 16.5. The van der Waals surface area contributed by atoms with E-state index in [1.807, 2.05) is 55.5 Å². The van der Waals surface area contributed by atoms with Crippen LogP contribution in [0.15, 0.2) is 48.5 Å². The van der Waals surface area contributed by atoms with E-state index in [9.17, 15) is 4.79 Å². The Morgan fingerprint density at radius 2 is 2.04 bits per heavy atom. The van der Waals surface area contributed by atoms with Gasteiger partial charge in [0.1, 0.15) is 12.3 Å². The maximum Gasteiger partial charge on any atom is 0.248 e. The Hall–Kier alpha value is -3.22. The predicted molar refractivity (Wildman–Crippen MR) is 89.6 cm³/mol. The molecular weight excluding hydrogens is 306 g/mol. The zero-order valence-corrected chi connectivity index (χ0v) is 13.4. The largest absolute Gasteiger partial charge is 0.496 e. The zero-order valence-electron chi connectivity index (χ0n) is 13.4. The fourth-order valence-corrected chi connectivity index (χ4v) is 2.30. The number of hydrogen-bond donors (Lipinski definition) is 1. The van der Waals surface area contributed by atoms with Gasteiger partial charge in [-0.2, -0.15) is 4.80 Å². The standard InChI is InChI=1S/C17H17N5O2/c1-12-6-5-7-13(10-12)18-16(23)11-22-20-17(19-21-22)14-8-3-4-9-15(14)24-2/h3-10H,11H2,1-2H3,(H,18,23). The first kappa shape index (κ1) is 15.7. The SMILES string of the molecule is COc1ccccc1-c1nnn(CC(=O)Nc2cccc(C)c2)n1. The molecule has 0 saturated carbocycles. The summed E-state index contributed by atoms with van der Waals surface area (Å²) >= 11 is 0. The van der Waals surface area contributed by atoms with E-state index in [0.717, 1.165) is 16.8 Å². The minimum Gasteiger partial charge on any atom is -0.496 e. The zero-order chi connectivity index (χ0) is 16.9. The number of hydrogen-bond acceptors (Lipinski definition) is 5. The molecule has 3 aromatic rings. The summed E-state index contributed by atoms with van der Waals surface area (Å²) in [6.45, 7) is 1.95. The smallest absolute Gasteiger partial charge is 0.248 e. The number of tetrazole rings is 1. The minimum atomic E-state index is -0.218. The van der Waals surface area contributed by atoms with E-state index >= 15 is 0 Å². The molecule has 0 atom stereocenters. The summed E-state index contributed by atoms with van der Waals surface area (Å²) in [5.41, 5.74) is 2.54. The number of benzene rings is 2. The average Bonchev–Trinajstić information content (AvgIpc) is 3.03. The van der Waals surface area contributed by atoms with Gasteiger partial charge in [0.15, 0.2) is 0 Å². The van der Waals surface area contributed by atoms with Gasteiger partial charge in [-0.15, -0.1) is 10.2 Å². The summed E-state index contributed by atoms with van der Waals surface area (Å²) < 4.78 is 5.28. The Balaban J connectivity index is 1.71. The molecule has 0 aliphatic heterocycles. The van der Waals surface area contributed by atoms with Crippen molar-refractivity contribution in [3.63, 3.8) is 0 Å². The van der Waals surface area contributed by atoms with Crippen molar-refractivity contribution in [1.82, 2.24) is 20.2 Å². The monoisotopic (exact) mass is 323 g/mol. The topological polar surface area (TPSA) is 81.9 Å². The lowest BCUT2D eigenvalue weighted by molar-refractivity contribution is -0.117. The number of aryl methyl sites for hydroxylation is 1. The third kappa shape index (κ3) is 3.57. The van der Waals surface area contributed by atoms with Crippen molar-refractivity contribution in [3.05, 3.63) is 54.1 Å². The van der Waals surface area contributed by atoms with Gasteiger partial charge in [0.2, 0.25) is 11.7 Å². The van der Waals surface area contributed by atoms with E-state index in [1.54, 1.807) is 7.11 Å². The summed E-state index contributed by atoms with van der Waals surface area (Å²) in [5, 5.41) is 15.0. The number of carbonyl (C=O) groups is 1. The molecule has 24 heavy (non-hydrogen) atoms. The lowest BCUT2D eigenvalue weighted by Crippen LogP contribution is -2.20. The van der Waals surface area contributed by atoms with E-state index in [2.05, 4.69) is 20.7 Å². The number of anilines is 1. The lowest BCUT2D eigenvalue weighted by atomic mass is 10.2. The third-order valence-corrected chi connectivity index (χ3v) is 3.39. The molecule has 0 saturated heterocycles. The van der Waals surface area contributed by atoms with Crippen LogP contribution >= 0.6 is 0 Å². The van der Waals surface area contributed by atoms with Gasteiger partial charge in [0, 0.05) is 5.69 Å². The van der Waals surface area contributed by atoms with Gasteiger partial charge in [-0.05, 0) is 42.0 Å². The van der Waals surface area contributed by atoms with E-state index in [0.29, 0.717) is 11.6 Å². The average molecular weight is 323 g/mol. The number of carbonyl (C=O) groups excluding carboxylic acids is 1. The molecule has 1 heterocycles. The fourth-order valence-electron chi connectivity index (χ4n) is 2.30. The number of amides is 1. The second-order valence-electron chi connectivity index (χ2n) is 5.26. The number of ether oxygens (including phenoxy) is 1. The maximum absolute atomic E-state index is 12.1. The highest BCUT2D eigenvalue weighted by Gasteiger charge is 2.12. The highest BCUT2D eigenvalue weighted by molar-refractivity contribution is 5.90. The summed E-state index contributed by atoms with van der Waals surface area (Å²) in [6.07, 6.45) is 0. The summed E-state index contributed by atoms with van der Waals surface area (Å²) in [6, 6.07) is 15.0. The number of nitrogens with one attached hydrogen (secondary N) is 1. The molecule has 0 fully saturated rings. The number of rotatable bonds is 5. The maximum atomic E-state index is 12.1.